The van der Waals surface area contributed by atoms with Gasteiger partial charge in [0.2, 0.25) is 5.95 Å². The first-order valence-corrected chi connectivity index (χ1v) is 8.20. The zero-order valence-corrected chi connectivity index (χ0v) is 12.8. The number of nitrogens with one attached hydrogen (secondary N) is 1. The van der Waals surface area contributed by atoms with Gasteiger partial charge in [0.05, 0.1) is 33.7 Å². The molecule has 112 valence electrons. The van der Waals surface area contributed by atoms with Crippen molar-refractivity contribution in [3.05, 3.63) is 11.4 Å². The molecule has 0 spiro atoms. The van der Waals surface area contributed by atoms with Crippen molar-refractivity contribution >= 4 is 16.7 Å². The van der Waals surface area contributed by atoms with E-state index in [4.69, 9.17) is 10.8 Å². The largest absolute Gasteiger partial charge is 0.394 e. The van der Waals surface area contributed by atoms with E-state index in [1.807, 2.05) is 13.8 Å². The minimum Gasteiger partial charge on any atom is -0.394 e. The van der Waals surface area contributed by atoms with Crippen LogP contribution in [0.15, 0.2) is 4.90 Å². The van der Waals surface area contributed by atoms with Crippen molar-refractivity contribution in [1.82, 2.24) is 9.97 Å². The zero-order valence-electron chi connectivity index (χ0n) is 12.0. The molecule has 0 radical (unpaired) electrons. The summed E-state index contributed by atoms with van der Waals surface area (Å²) in [6, 6.07) is 0. The third-order valence-corrected chi connectivity index (χ3v) is 4.96. The Bertz CT molecular complexity index is 517. The number of fused-ring (bicyclic) bond motifs is 1. The van der Waals surface area contributed by atoms with Crippen LogP contribution in [0.2, 0.25) is 0 Å². The van der Waals surface area contributed by atoms with E-state index >= 15 is 0 Å². The molecule has 1 saturated carbocycles. The summed E-state index contributed by atoms with van der Waals surface area (Å²) in [5, 5.41) is 11.4. The molecule has 2 aliphatic rings. The number of hydrogen-bond donors (Lipinski definition) is 3. The van der Waals surface area contributed by atoms with Crippen molar-refractivity contribution in [2.24, 2.45) is 5.73 Å². The normalized spacial score (nSPS) is 21.7. The summed E-state index contributed by atoms with van der Waals surface area (Å²) in [4.78, 5) is 9.46. The SMILES string of the molecule is CCNc1nc(C)c2c(n1)CCS2=O.NC1(CO)CC1. The molecule has 7 heteroatoms. The highest BCUT2D eigenvalue weighted by Gasteiger charge is 2.36. The average Bonchev–Trinajstić information content (AvgIpc) is 3.04. The lowest BCUT2D eigenvalue weighted by Crippen LogP contribution is -2.25. The average molecular weight is 298 g/mol. The van der Waals surface area contributed by atoms with Crippen LogP contribution in [0, 0.1) is 6.92 Å². The first kappa shape index (κ1) is 15.3. The fraction of sp³-hybridized carbons (Fsp3) is 0.692. The van der Waals surface area contributed by atoms with Gasteiger partial charge in [0.1, 0.15) is 0 Å². The van der Waals surface area contributed by atoms with E-state index in [1.54, 1.807) is 0 Å². The summed E-state index contributed by atoms with van der Waals surface area (Å²) in [6.45, 7) is 4.86. The van der Waals surface area contributed by atoms with Crippen LogP contribution in [0.25, 0.3) is 0 Å². The molecule has 1 aliphatic carbocycles. The van der Waals surface area contributed by atoms with Gasteiger partial charge in [-0.25, -0.2) is 9.97 Å². The fourth-order valence-corrected chi connectivity index (χ4v) is 3.30. The van der Waals surface area contributed by atoms with Gasteiger partial charge in [0, 0.05) is 24.3 Å². The number of hydrogen-bond acceptors (Lipinski definition) is 6. The Hall–Kier alpha value is -1.05. The number of nitrogens with two attached hydrogens (primary N) is 1. The lowest BCUT2D eigenvalue weighted by Gasteiger charge is -2.05. The fourth-order valence-electron chi connectivity index (χ4n) is 1.93. The first-order chi connectivity index (χ1) is 9.49. The molecule has 0 aromatic carbocycles. The molecule has 2 heterocycles. The van der Waals surface area contributed by atoms with Crippen molar-refractivity contribution in [2.75, 3.05) is 24.2 Å². The van der Waals surface area contributed by atoms with Crippen molar-refractivity contribution < 1.29 is 9.32 Å². The molecule has 1 atom stereocenters. The molecule has 1 fully saturated rings. The molecule has 4 N–H and O–H groups in total. The lowest BCUT2D eigenvalue weighted by molar-refractivity contribution is 0.257. The third kappa shape index (κ3) is 3.53. The summed E-state index contributed by atoms with van der Waals surface area (Å²) in [6.07, 6.45) is 2.82. The molecule has 0 bridgehead atoms. The summed E-state index contributed by atoms with van der Waals surface area (Å²) in [7, 11) is -0.874. The standard InChI is InChI=1S/C9H13N3OS.C4H9NO/c1-3-10-9-11-6(2)8-7(12-9)4-5-14(8)13;5-4(3-6)1-2-4/h3-5H2,1-2H3,(H,10,11,12);6H,1-3,5H2. The van der Waals surface area contributed by atoms with Gasteiger partial charge < -0.3 is 16.2 Å². The number of aliphatic hydroxyl groups excluding tert-OH is 1. The number of rotatable bonds is 3. The Labute approximate surface area is 121 Å². The summed E-state index contributed by atoms with van der Waals surface area (Å²) in [5.41, 5.74) is 7.04. The molecule has 1 aliphatic heterocycles. The number of aliphatic hydroxyl groups is 1. The maximum Gasteiger partial charge on any atom is 0.223 e. The summed E-state index contributed by atoms with van der Waals surface area (Å²) in [5.74, 6) is 1.35. The second kappa shape index (κ2) is 6.15. The molecule has 1 aromatic rings. The number of aromatic nitrogens is 2. The third-order valence-electron chi connectivity index (χ3n) is 3.40. The van der Waals surface area contributed by atoms with Gasteiger partial charge in [0.25, 0.3) is 0 Å². The van der Waals surface area contributed by atoms with Crippen LogP contribution in [0.4, 0.5) is 5.95 Å². The van der Waals surface area contributed by atoms with Crippen LogP contribution in [0.3, 0.4) is 0 Å². The highest BCUT2D eigenvalue weighted by molar-refractivity contribution is 7.85. The quantitative estimate of drug-likeness (QED) is 0.744. The molecule has 0 amide bonds. The molecular formula is C13H22N4O2S. The van der Waals surface area contributed by atoms with Gasteiger partial charge in [-0.1, -0.05) is 0 Å². The van der Waals surface area contributed by atoms with Crippen molar-refractivity contribution in [3.8, 4) is 0 Å². The number of nitrogens with zero attached hydrogens (tertiary/aromatic N) is 2. The Kier molecular flexibility index (Phi) is 4.72. The predicted octanol–water partition coefficient (Wildman–Crippen LogP) is 0.351. The highest BCUT2D eigenvalue weighted by Crippen LogP contribution is 2.30. The second-order valence-corrected chi connectivity index (χ2v) is 6.77. The van der Waals surface area contributed by atoms with Crippen molar-refractivity contribution in [3.63, 3.8) is 0 Å². The van der Waals surface area contributed by atoms with Crippen LogP contribution in [-0.4, -0.2) is 43.7 Å². The molecule has 0 saturated heterocycles. The predicted molar refractivity (Wildman–Crippen MR) is 79.2 cm³/mol. The van der Waals surface area contributed by atoms with Gasteiger partial charge in [-0.3, -0.25) is 4.21 Å². The molecular weight excluding hydrogens is 276 g/mol. The van der Waals surface area contributed by atoms with Crippen LogP contribution in [0.1, 0.15) is 31.2 Å². The Morgan fingerprint density at radius 1 is 1.45 bits per heavy atom. The molecule has 20 heavy (non-hydrogen) atoms. The Morgan fingerprint density at radius 2 is 2.15 bits per heavy atom. The molecule has 6 nitrogen and oxygen atoms in total. The smallest absolute Gasteiger partial charge is 0.223 e. The van der Waals surface area contributed by atoms with Crippen LogP contribution >= 0.6 is 0 Å². The van der Waals surface area contributed by atoms with Gasteiger partial charge >= 0.3 is 0 Å². The van der Waals surface area contributed by atoms with E-state index in [0.717, 1.165) is 42.1 Å². The highest BCUT2D eigenvalue weighted by atomic mass is 32.2. The first-order valence-electron chi connectivity index (χ1n) is 6.88. The van der Waals surface area contributed by atoms with Crippen molar-refractivity contribution in [1.29, 1.82) is 0 Å². The Balaban J connectivity index is 0.000000205. The maximum absolute atomic E-state index is 11.6. The van der Waals surface area contributed by atoms with E-state index in [0.29, 0.717) is 11.7 Å². The molecule has 1 unspecified atom stereocenters. The molecule has 1 aromatic heterocycles. The minimum absolute atomic E-state index is 0.153. The van der Waals surface area contributed by atoms with Crippen LogP contribution in [0.5, 0.6) is 0 Å². The van der Waals surface area contributed by atoms with Crippen LogP contribution in [-0.2, 0) is 17.2 Å². The minimum atomic E-state index is -0.874. The van der Waals surface area contributed by atoms with Gasteiger partial charge in [-0.15, -0.1) is 0 Å². The molecule has 3 rings (SSSR count). The van der Waals surface area contributed by atoms with E-state index in [1.165, 1.54) is 0 Å². The topological polar surface area (TPSA) is 101 Å². The van der Waals surface area contributed by atoms with Crippen LogP contribution < -0.4 is 11.1 Å². The Morgan fingerprint density at radius 3 is 2.65 bits per heavy atom. The number of aryl methyl sites for hydroxylation is 2. The monoisotopic (exact) mass is 298 g/mol. The number of anilines is 1. The van der Waals surface area contributed by atoms with E-state index in [-0.39, 0.29) is 12.1 Å². The van der Waals surface area contributed by atoms with Gasteiger partial charge in [-0.05, 0) is 26.7 Å². The van der Waals surface area contributed by atoms with Gasteiger partial charge in [0.15, 0.2) is 0 Å². The van der Waals surface area contributed by atoms with E-state index in [2.05, 4.69) is 15.3 Å². The van der Waals surface area contributed by atoms with E-state index in [9.17, 15) is 4.21 Å². The van der Waals surface area contributed by atoms with E-state index < -0.39 is 10.8 Å². The summed E-state index contributed by atoms with van der Waals surface area (Å²) >= 11 is 0. The summed E-state index contributed by atoms with van der Waals surface area (Å²) < 4.78 is 11.6. The maximum atomic E-state index is 11.6. The van der Waals surface area contributed by atoms with Crippen molar-refractivity contribution in [2.45, 2.75) is 43.5 Å². The van der Waals surface area contributed by atoms with Gasteiger partial charge in [-0.2, -0.15) is 0 Å². The second-order valence-electron chi connectivity index (χ2n) is 5.26. The lowest BCUT2D eigenvalue weighted by atomic mass is 10.3. The zero-order chi connectivity index (χ0) is 14.8.